The Morgan fingerprint density at radius 2 is 2.12 bits per heavy atom. The standard InChI is InChI=1S/C20H25NO5/c1-11(5-9-16(22)21-13-6-7-13)4-8-14-18(23)17-15(10-26-20(17)24)12(2)19(14)25-3/h4,13,23H,5-10H2,1-3H3,(H,21,22). The number of hydrogen-bond donors (Lipinski definition) is 2. The average molecular weight is 359 g/mol. The molecule has 6 heteroatoms. The number of amides is 1. The fourth-order valence-electron chi connectivity index (χ4n) is 3.24. The van der Waals surface area contributed by atoms with Crippen LogP contribution in [0.2, 0.25) is 0 Å². The average Bonchev–Trinajstić information content (AvgIpc) is 3.33. The van der Waals surface area contributed by atoms with E-state index in [2.05, 4.69) is 5.32 Å². The molecule has 0 saturated heterocycles. The number of esters is 1. The lowest BCUT2D eigenvalue weighted by Crippen LogP contribution is -2.24. The number of carbonyl (C=O) groups is 2. The van der Waals surface area contributed by atoms with Crippen LogP contribution in [0, 0.1) is 6.92 Å². The van der Waals surface area contributed by atoms with E-state index < -0.39 is 5.97 Å². The molecule has 1 fully saturated rings. The molecule has 1 aromatic rings. The van der Waals surface area contributed by atoms with E-state index in [0.29, 0.717) is 42.2 Å². The van der Waals surface area contributed by atoms with Gasteiger partial charge < -0.3 is 19.9 Å². The molecule has 6 nitrogen and oxygen atoms in total. The van der Waals surface area contributed by atoms with Crippen LogP contribution < -0.4 is 10.1 Å². The van der Waals surface area contributed by atoms with Gasteiger partial charge in [-0.15, -0.1) is 0 Å². The van der Waals surface area contributed by atoms with Crippen molar-refractivity contribution in [3.63, 3.8) is 0 Å². The largest absolute Gasteiger partial charge is 0.507 e. The number of ether oxygens (including phenoxy) is 2. The van der Waals surface area contributed by atoms with Gasteiger partial charge in [0.2, 0.25) is 5.91 Å². The van der Waals surface area contributed by atoms with E-state index in [9.17, 15) is 14.7 Å². The topological polar surface area (TPSA) is 84.9 Å². The molecular formula is C20H25NO5. The molecule has 1 saturated carbocycles. The van der Waals surface area contributed by atoms with Gasteiger partial charge in [0, 0.05) is 23.6 Å². The number of rotatable bonds is 7. The Morgan fingerprint density at radius 3 is 2.77 bits per heavy atom. The zero-order valence-corrected chi connectivity index (χ0v) is 15.5. The molecule has 2 N–H and O–H groups in total. The SMILES string of the molecule is COc1c(C)c2c(c(O)c1CC=C(C)CCC(=O)NC1CC1)C(=O)OC2. The second-order valence-electron chi connectivity index (χ2n) is 7.01. The van der Waals surface area contributed by atoms with Gasteiger partial charge in [-0.25, -0.2) is 4.79 Å². The second kappa shape index (κ2) is 7.40. The molecule has 1 amide bonds. The van der Waals surface area contributed by atoms with Gasteiger partial charge in [0.15, 0.2) is 0 Å². The molecule has 140 valence electrons. The summed E-state index contributed by atoms with van der Waals surface area (Å²) in [6.07, 6.45) is 5.67. The maximum absolute atomic E-state index is 11.9. The van der Waals surface area contributed by atoms with Gasteiger partial charge in [0.1, 0.15) is 23.7 Å². The van der Waals surface area contributed by atoms with Gasteiger partial charge in [0.25, 0.3) is 0 Å². The third kappa shape index (κ3) is 3.69. The number of benzene rings is 1. The molecular weight excluding hydrogens is 334 g/mol. The molecule has 1 aliphatic heterocycles. The lowest BCUT2D eigenvalue weighted by molar-refractivity contribution is -0.121. The van der Waals surface area contributed by atoms with Crippen molar-refractivity contribution in [1.82, 2.24) is 5.32 Å². The number of phenols is 1. The number of hydrogen-bond acceptors (Lipinski definition) is 5. The third-order valence-corrected chi connectivity index (χ3v) is 4.99. The Kier molecular flexibility index (Phi) is 5.20. The van der Waals surface area contributed by atoms with Crippen molar-refractivity contribution in [2.75, 3.05) is 7.11 Å². The number of aromatic hydroxyl groups is 1. The van der Waals surface area contributed by atoms with Crippen molar-refractivity contribution in [3.05, 3.63) is 33.9 Å². The highest BCUT2D eigenvalue weighted by atomic mass is 16.5. The van der Waals surface area contributed by atoms with Gasteiger partial charge in [-0.2, -0.15) is 0 Å². The van der Waals surface area contributed by atoms with Crippen molar-refractivity contribution in [2.24, 2.45) is 0 Å². The van der Waals surface area contributed by atoms with Crippen molar-refractivity contribution in [3.8, 4) is 11.5 Å². The van der Waals surface area contributed by atoms with Gasteiger partial charge in [-0.1, -0.05) is 11.6 Å². The zero-order valence-electron chi connectivity index (χ0n) is 15.5. The summed E-state index contributed by atoms with van der Waals surface area (Å²) < 4.78 is 10.5. The van der Waals surface area contributed by atoms with Crippen molar-refractivity contribution < 1.29 is 24.2 Å². The summed E-state index contributed by atoms with van der Waals surface area (Å²) in [4.78, 5) is 23.7. The first-order valence-electron chi connectivity index (χ1n) is 8.95. The molecule has 0 spiro atoms. The van der Waals surface area contributed by atoms with Crippen LogP contribution in [0.1, 0.15) is 59.7 Å². The molecule has 1 aromatic carbocycles. The second-order valence-corrected chi connectivity index (χ2v) is 7.01. The van der Waals surface area contributed by atoms with Crippen molar-refractivity contribution in [2.45, 2.75) is 58.6 Å². The molecule has 0 aromatic heterocycles. The highest BCUT2D eigenvalue weighted by molar-refractivity contribution is 5.98. The minimum Gasteiger partial charge on any atom is -0.507 e. The van der Waals surface area contributed by atoms with E-state index in [-0.39, 0.29) is 23.8 Å². The Balaban J connectivity index is 1.74. The summed E-state index contributed by atoms with van der Waals surface area (Å²) in [5.74, 6) is 0.0919. The summed E-state index contributed by atoms with van der Waals surface area (Å²) in [6.45, 7) is 3.99. The Labute approximate surface area is 153 Å². The third-order valence-electron chi connectivity index (χ3n) is 4.99. The minimum atomic E-state index is -0.498. The van der Waals surface area contributed by atoms with Crippen LogP contribution in [-0.4, -0.2) is 30.1 Å². The number of carbonyl (C=O) groups excluding carboxylic acids is 2. The van der Waals surface area contributed by atoms with E-state index in [1.807, 2.05) is 19.9 Å². The van der Waals surface area contributed by atoms with Crippen molar-refractivity contribution >= 4 is 11.9 Å². The van der Waals surface area contributed by atoms with Gasteiger partial charge in [-0.3, -0.25) is 4.79 Å². The van der Waals surface area contributed by atoms with E-state index >= 15 is 0 Å². The van der Waals surface area contributed by atoms with Crippen molar-refractivity contribution in [1.29, 1.82) is 0 Å². The highest BCUT2D eigenvalue weighted by Gasteiger charge is 2.31. The van der Waals surface area contributed by atoms with Crippen LogP contribution in [0.25, 0.3) is 0 Å². The monoisotopic (exact) mass is 359 g/mol. The lowest BCUT2D eigenvalue weighted by Gasteiger charge is -2.15. The maximum atomic E-state index is 11.9. The number of fused-ring (bicyclic) bond motifs is 1. The smallest absolute Gasteiger partial charge is 0.342 e. The first-order chi connectivity index (χ1) is 12.4. The van der Waals surface area contributed by atoms with Crippen LogP contribution in [0.15, 0.2) is 11.6 Å². The number of methoxy groups -OCH3 is 1. The van der Waals surface area contributed by atoms with Gasteiger partial charge in [0.05, 0.1) is 7.11 Å². The lowest BCUT2D eigenvalue weighted by atomic mass is 9.94. The number of cyclic esters (lactones) is 1. The van der Waals surface area contributed by atoms with E-state index in [1.54, 1.807) is 7.11 Å². The molecule has 3 rings (SSSR count). The van der Waals surface area contributed by atoms with Crippen LogP contribution in [0.5, 0.6) is 11.5 Å². The van der Waals surface area contributed by atoms with Gasteiger partial charge >= 0.3 is 5.97 Å². The predicted octanol–water partition coefficient (Wildman–Crippen LogP) is 2.93. The first-order valence-corrected chi connectivity index (χ1v) is 8.95. The van der Waals surface area contributed by atoms with E-state index in [0.717, 1.165) is 24.0 Å². The number of allylic oxidation sites excluding steroid dienone is 2. The number of nitrogens with one attached hydrogen (secondary N) is 1. The maximum Gasteiger partial charge on any atom is 0.342 e. The summed E-state index contributed by atoms with van der Waals surface area (Å²) in [7, 11) is 1.55. The van der Waals surface area contributed by atoms with Crippen LogP contribution >= 0.6 is 0 Å². The fourth-order valence-corrected chi connectivity index (χ4v) is 3.24. The molecule has 0 bridgehead atoms. The Bertz CT molecular complexity index is 777. The first kappa shape index (κ1) is 18.3. The summed E-state index contributed by atoms with van der Waals surface area (Å²) in [6, 6.07) is 0.377. The summed E-state index contributed by atoms with van der Waals surface area (Å²) >= 11 is 0. The molecule has 2 aliphatic rings. The number of phenolic OH excluding ortho intramolecular Hbond substituents is 1. The van der Waals surface area contributed by atoms with Gasteiger partial charge in [-0.05, 0) is 45.1 Å². The van der Waals surface area contributed by atoms with Crippen LogP contribution in [-0.2, 0) is 22.6 Å². The Hall–Kier alpha value is -2.50. The van der Waals surface area contributed by atoms with Crippen LogP contribution in [0.4, 0.5) is 0 Å². The predicted molar refractivity (Wildman–Crippen MR) is 96.4 cm³/mol. The highest BCUT2D eigenvalue weighted by Crippen LogP contribution is 2.42. The van der Waals surface area contributed by atoms with E-state index in [1.165, 1.54) is 0 Å². The summed E-state index contributed by atoms with van der Waals surface area (Å²) in [5, 5.41) is 13.6. The molecule has 1 aliphatic carbocycles. The molecule has 1 heterocycles. The Morgan fingerprint density at radius 1 is 1.38 bits per heavy atom. The molecule has 0 radical (unpaired) electrons. The van der Waals surface area contributed by atoms with Crippen LogP contribution in [0.3, 0.4) is 0 Å². The quantitative estimate of drug-likeness (QED) is 0.578. The molecule has 26 heavy (non-hydrogen) atoms. The fraction of sp³-hybridized carbons (Fsp3) is 0.500. The normalized spacial score (nSPS) is 16.3. The summed E-state index contributed by atoms with van der Waals surface area (Å²) in [5.41, 5.74) is 3.37. The zero-order chi connectivity index (χ0) is 18.8. The molecule has 0 unspecified atom stereocenters. The minimum absolute atomic E-state index is 0.0690. The molecule has 0 atom stereocenters. The van der Waals surface area contributed by atoms with E-state index in [4.69, 9.17) is 9.47 Å².